The zero-order valence-corrected chi connectivity index (χ0v) is 16.5. The molecule has 27 heavy (non-hydrogen) atoms. The van der Waals surface area contributed by atoms with Crippen LogP contribution in [0.15, 0.2) is 30.3 Å². The second-order valence-corrected chi connectivity index (χ2v) is 9.23. The van der Waals surface area contributed by atoms with Crippen LogP contribution in [0.25, 0.3) is 0 Å². The number of ketones is 2. The Hall–Kier alpha value is -2.01. The van der Waals surface area contributed by atoms with Gasteiger partial charge in [-0.15, -0.1) is 0 Å². The van der Waals surface area contributed by atoms with Gasteiger partial charge in [-0.05, 0) is 18.3 Å². The molecule has 2 atom stereocenters. The van der Waals surface area contributed by atoms with Crippen molar-refractivity contribution in [3.63, 3.8) is 0 Å². The molecule has 2 saturated carbocycles. The molecule has 3 fully saturated rings. The van der Waals surface area contributed by atoms with E-state index in [0.717, 1.165) is 19.6 Å². The van der Waals surface area contributed by atoms with Gasteiger partial charge in [0.25, 0.3) is 0 Å². The Labute approximate surface area is 160 Å². The van der Waals surface area contributed by atoms with Crippen LogP contribution in [0.1, 0.15) is 39.2 Å². The molecule has 2 bridgehead atoms. The number of Topliss-reactive ketones (excluding diaryl/α,β-unsaturated/α-hetero) is 2. The zero-order valence-electron chi connectivity index (χ0n) is 16.5. The SMILES string of the molecule is CC1(C)[C@@]2(C(=O)N3CC[NH+](Cc4ccccc4)CC3)CC[C@]1(C)C(=O)C2=O. The fraction of sp³-hybridized carbons (Fsp3) is 0.591. The Balaban J connectivity index is 1.48. The minimum atomic E-state index is -1.14. The first-order valence-corrected chi connectivity index (χ1v) is 10.0. The van der Waals surface area contributed by atoms with E-state index in [1.807, 2.05) is 31.7 Å². The van der Waals surface area contributed by atoms with E-state index in [-0.39, 0.29) is 11.7 Å². The van der Waals surface area contributed by atoms with E-state index in [2.05, 4.69) is 24.3 Å². The molecule has 144 valence electrons. The standard InChI is InChI=1S/C22H28N2O3/c1-20(2)21(3)9-10-22(20,18(26)17(21)25)19(27)24-13-11-23(12-14-24)15-16-7-5-4-6-8-16/h4-8H,9-15H2,1-3H3/p+1/t21-,22+/m1/s1. The molecule has 1 saturated heterocycles. The molecule has 4 rings (SSSR count). The molecule has 0 spiro atoms. The lowest BCUT2D eigenvalue weighted by Crippen LogP contribution is -3.13. The van der Waals surface area contributed by atoms with E-state index >= 15 is 0 Å². The Kier molecular flexibility index (Phi) is 4.08. The van der Waals surface area contributed by atoms with Gasteiger partial charge in [0.2, 0.25) is 17.5 Å². The Morgan fingerprint density at radius 2 is 1.63 bits per heavy atom. The van der Waals surface area contributed by atoms with Crippen LogP contribution in [0.4, 0.5) is 0 Å². The summed E-state index contributed by atoms with van der Waals surface area (Å²) in [7, 11) is 0. The maximum atomic E-state index is 13.5. The third-order valence-corrected chi connectivity index (χ3v) is 7.96. The monoisotopic (exact) mass is 369 g/mol. The summed E-state index contributed by atoms with van der Waals surface area (Å²) in [5.74, 6) is -0.878. The van der Waals surface area contributed by atoms with Crippen LogP contribution in [-0.4, -0.2) is 48.6 Å². The quantitative estimate of drug-likeness (QED) is 0.636. The Bertz CT molecular complexity index is 795. The summed E-state index contributed by atoms with van der Waals surface area (Å²) < 4.78 is 0. The fourth-order valence-electron chi connectivity index (χ4n) is 5.60. The topological polar surface area (TPSA) is 58.9 Å². The van der Waals surface area contributed by atoms with Crippen molar-refractivity contribution in [1.82, 2.24) is 4.90 Å². The van der Waals surface area contributed by atoms with Crippen LogP contribution in [0.2, 0.25) is 0 Å². The van der Waals surface area contributed by atoms with Crippen LogP contribution in [0.3, 0.4) is 0 Å². The summed E-state index contributed by atoms with van der Waals surface area (Å²) in [5, 5.41) is 0. The van der Waals surface area contributed by atoms with E-state index in [1.165, 1.54) is 10.5 Å². The van der Waals surface area contributed by atoms with Crippen LogP contribution in [-0.2, 0) is 20.9 Å². The minimum absolute atomic E-state index is 0.106. The molecule has 0 unspecified atom stereocenters. The molecular formula is C22H29N2O3+. The highest BCUT2D eigenvalue weighted by Crippen LogP contribution is 2.69. The lowest BCUT2D eigenvalue weighted by atomic mass is 9.64. The van der Waals surface area contributed by atoms with E-state index < -0.39 is 22.0 Å². The molecule has 1 amide bonds. The lowest BCUT2D eigenvalue weighted by Gasteiger charge is -2.41. The van der Waals surface area contributed by atoms with Crippen molar-refractivity contribution >= 4 is 17.5 Å². The number of hydrogen-bond donors (Lipinski definition) is 1. The van der Waals surface area contributed by atoms with E-state index in [4.69, 9.17) is 0 Å². The highest BCUT2D eigenvalue weighted by Gasteiger charge is 2.78. The number of piperazine rings is 1. The molecule has 3 aliphatic rings. The number of nitrogens with one attached hydrogen (secondary N) is 1. The third kappa shape index (κ3) is 2.30. The van der Waals surface area contributed by atoms with Crippen molar-refractivity contribution in [3.8, 4) is 0 Å². The van der Waals surface area contributed by atoms with Gasteiger partial charge in [-0.3, -0.25) is 14.4 Å². The normalized spacial score (nSPS) is 32.9. The van der Waals surface area contributed by atoms with E-state index in [1.54, 1.807) is 0 Å². The van der Waals surface area contributed by atoms with Crippen molar-refractivity contribution in [2.45, 2.75) is 40.2 Å². The molecule has 0 aromatic heterocycles. The smallest absolute Gasteiger partial charge is 0.237 e. The number of rotatable bonds is 3. The Morgan fingerprint density at radius 3 is 2.19 bits per heavy atom. The number of hydrogen-bond acceptors (Lipinski definition) is 3. The fourth-order valence-corrected chi connectivity index (χ4v) is 5.60. The van der Waals surface area contributed by atoms with E-state index in [9.17, 15) is 14.4 Å². The van der Waals surface area contributed by atoms with Crippen LogP contribution < -0.4 is 4.90 Å². The molecule has 1 aromatic carbocycles. The largest absolute Gasteiger partial charge is 0.331 e. The van der Waals surface area contributed by atoms with Gasteiger partial charge in [0.05, 0.1) is 26.2 Å². The number of amides is 1. The van der Waals surface area contributed by atoms with Gasteiger partial charge in [-0.25, -0.2) is 0 Å². The summed E-state index contributed by atoms with van der Waals surface area (Å²) in [6, 6.07) is 10.4. The van der Waals surface area contributed by atoms with Crippen LogP contribution in [0, 0.1) is 16.2 Å². The van der Waals surface area contributed by atoms with E-state index in [0.29, 0.717) is 25.9 Å². The highest BCUT2D eigenvalue weighted by molar-refractivity contribution is 6.48. The van der Waals surface area contributed by atoms with Crippen molar-refractivity contribution in [1.29, 1.82) is 0 Å². The van der Waals surface area contributed by atoms with Crippen LogP contribution in [0.5, 0.6) is 0 Å². The first-order valence-electron chi connectivity index (χ1n) is 10.0. The second kappa shape index (κ2) is 5.99. The number of fused-ring (bicyclic) bond motifs is 2. The van der Waals surface area contributed by atoms with Crippen molar-refractivity contribution in [2.24, 2.45) is 16.2 Å². The predicted molar refractivity (Wildman–Crippen MR) is 101 cm³/mol. The van der Waals surface area contributed by atoms with Gasteiger partial charge >= 0.3 is 0 Å². The number of carbonyl (C=O) groups excluding carboxylic acids is 3. The molecule has 1 aromatic rings. The van der Waals surface area contributed by atoms with Gasteiger partial charge in [0.15, 0.2) is 0 Å². The third-order valence-electron chi connectivity index (χ3n) is 7.96. The zero-order chi connectivity index (χ0) is 19.4. The van der Waals surface area contributed by atoms with Crippen molar-refractivity contribution in [3.05, 3.63) is 35.9 Å². The highest BCUT2D eigenvalue weighted by atomic mass is 16.2. The minimum Gasteiger partial charge on any atom is -0.331 e. The van der Waals surface area contributed by atoms with Crippen molar-refractivity contribution < 1.29 is 19.3 Å². The molecule has 1 N–H and O–H groups in total. The number of nitrogens with zero attached hydrogens (tertiary/aromatic N) is 1. The van der Waals surface area contributed by atoms with Gasteiger partial charge in [-0.1, -0.05) is 51.1 Å². The summed E-state index contributed by atoms with van der Waals surface area (Å²) in [4.78, 5) is 42.3. The molecule has 0 radical (unpaired) electrons. The first kappa shape index (κ1) is 18.4. The van der Waals surface area contributed by atoms with Gasteiger partial charge in [0, 0.05) is 11.0 Å². The van der Waals surface area contributed by atoms with Crippen LogP contribution >= 0.6 is 0 Å². The summed E-state index contributed by atoms with van der Waals surface area (Å²) in [6.07, 6.45) is 1.15. The molecular weight excluding hydrogens is 340 g/mol. The molecule has 5 heteroatoms. The molecule has 1 aliphatic heterocycles. The first-order chi connectivity index (χ1) is 12.7. The average molecular weight is 369 g/mol. The second-order valence-electron chi connectivity index (χ2n) is 9.23. The molecule has 2 aliphatic carbocycles. The maximum absolute atomic E-state index is 13.5. The molecule has 5 nitrogen and oxygen atoms in total. The summed E-state index contributed by atoms with van der Waals surface area (Å²) >= 11 is 0. The number of quaternary nitrogens is 1. The molecule has 1 heterocycles. The maximum Gasteiger partial charge on any atom is 0.237 e. The van der Waals surface area contributed by atoms with Gasteiger partial charge in [-0.2, -0.15) is 0 Å². The summed E-state index contributed by atoms with van der Waals surface area (Å²) in [5.41, 5.74) is -1.15. The van der Waals surface area contributed by atoms with Gasteiger partial charge < -0.3 is 9.80 Å². The summed E-state index contributed by atoms with van der Waals surface area (Å²) in [6.45, 7) is 9.75. The number of benzene rings is 1. The number of carbonyl (C=O) groups is 3. The lowest BCUT2D eigenvalue weighted by molar-refractivity contribution is -0.917. The predicted octanol–water partition coefficient (Wildman–Crippen LogP) is 0.878. The van der Waals surface area contributed by atoms with Gasteiger partial charge in [0.1, 0.15) is 12.0 Å². The van der Waals surface area contributed by atoms with Crippen molar-refractivity contribution in [2.75, 3.05) is 26.2 Å². The average Bonchev–Trinajstić information content (AvgIpc) is 2.94. The Morgan fingerprint density at radius 1 is 1.00 bits per heavy atom.